The number of benzene rings is 3. The predicted molar refractivity (Wildman–Crippen MR) is 130 cm³/mol. The zero-order valence-corrected chi connectivity index (χ0v) is 19.0. The molecule has 32 heavy (non-hydrogen) atoms. The van der Waals surface area contributed by atoms with E-state index in [0.29, 0.717) is 29.0 Å². The molecule has 0 N–H and O–H groups in total. The lowest BCUT2D eigenvalue weighted by molar-refractivity contribution is -0.122. The molecular weight excluding hydrogens is 424 g/mol. The van der Waals surface area contributed by atoms with Gasteiger partial charge in [-0.2, -0.15) is 0 Å². The van der Waals surface area contributed by atoms with Crippen LogP contribution in [0.15, 0.2) is 70.6 Å². The molecule has 4 rings (SSSR count). The Labute approximate surface area is 191 Å². The fourth-order valence-corrected chi connectivity index (χ4v) is 4.48. The number of thioether (sulfide) groups is 1. The first-order valence-electron chi connectivity index (χ1n) is 10.1. The van der Waals surface area contributed by atoms with Gasteiger partial charge < -0.3 is 14.2 Å². The lowest BCUT2D eigenvalue weighted by Gasteiger charge is -2.14. The summed E-state index contributed by atoms with van der Waals surface area (Å²) in [4.78, 5) is 20.2. The average Bonchev–Trinajstić information content (AvgIpc) is 3.11. The van der Waals surface area contributed by atoms with E-state index in [1.165, 1.54) is 11.8 Å². The van der Waals surface area contributed by atoms with Crippen LogP contribution in [0.25, 0.3) is 16.8 Å². The van der Waals surface area contributed by atoms with Gasteiger partial charge in [0.15, 0.2) is 5.17 Å². The highest BCUT2D eigenvalue weighted by Crippen LogP contribution is 2.38. The van der Waals surface area contributed by atoms with Crippen molar-refractivity contribution in [2.75, 3.05) is 34.5 Å². The molecule has 0 aromatic heterocycles. The first-order valence-corrected chi connectivity index (χ1v) is 10.9. The molecule has 1 aliphatic rings. The molecule has 3 aromatic carbocycles. The second kappa shape index (κ2) is 9.89. The molecule has 0 bridgehead atoms. The van der Waals surface area contributed by atoms with Crippen LogP contribution in [-0.4, -0.2) is 50.5 Å². The molecule has 0 saturated carbocycles. The lowest BCUT2D eigenvalue weighted by atomic mass is 10.0. The normalized spacial score (nSPS) is 16.3. The Morgan fingerprint density at radius 3 is 2.50 bits per heavy atom. The van der Waals surface area contributed by atoms with E-state index in [9.17, 15) is 4.79 Å². The first-order chi connectivity index (χ1) is 15.6. The molecule has 1 saturated heterocycles. The fraction of sp³-hybridized carbons (Fsp3) is 0.200. The number of methoxy groups -OCH3 is 3. The third-order valence-electron chi connectivity index (χ3n) is 5.11. The van der Waals surface area contributed by atoms with Gasteiger partial charge in [0, 0.05) is 12.7 Å². The summed E-state index contributed by atoms with van der Waals surface area (Å²) in [6.07, 6.45) is 1.88. The Morgan fingerprint density at radius 2 is 1.78 bits per heavy atom. The smallest absolute Gasteiger partial charge is 0.266 e. The molecule has 3 aromatic rings. The largest absolute Gasteiger partial charge is 0.497 e. The molecule has 1 aliphatic heterocycles. The fourth-order valence-electron chi connectivity index (χ4n) is 3.47. The van der Waals surface area contributed by atoms with Gasteiger partial charge in [0.05, 0.1) is 38.0 Å². The van der Waals surface area contributed by atoms with E-state index in [-0.39, 0.29) is 5.91 Å². The Morgan fingerprint density at radius 1 is 1.00 bits per heavy atom. The number of aliphatic imine (C=N–C) groups is 1. The van der Waals surface area contributed by atoms with Gasteiger partial charge in [-0.05, 0) is 58.9 Å². The zero-order valence-electron chi connectivity index (χ0n) is 18.2. The van der Waals surface area contributed by atoms with Crippen molar-refractivity contribution in [3.05, 3.63) is 71.1 Å². The predicted octanol–water partition coefficient (Wildman–Crippen LogP) is 5.11. The number of hydrogen-bond donors (Lipinski definition) is 0. The lowest BCUT2D eigenvalue weighted by Crippen LogP contribution is -2.32. The minimum Gasteiger partial charge on any atom is -0.497 e. The van der Waals surface area contributed by atoms with Crippen molar-refractivity contribution in [1.29, 1.82) is 0 Å². The van der Waals surface area contributed by atoms with Crippen LogP contribution in [0.5, 0.6) is 11.5 Å². The summed E-state index contributed by atoms with van der Waals surface area (Å²) in [5, 5.41) is 2.60. The highest BCUT2D eigenvalue weighted by molar-refractivity contribution is 8.18. The SMILES string of the molecule is COCCN1C(=O)C(=Cc2c(OC)ccc3ccc(OC)cc23)SC1=Nc1ccccc1. The molecule has 1 amide bonds. The number of nitrogens with zero attached hydrogens (tertiary/aromatic N) is 2. The van der Waals surface area contributed by atoms with Crippen LogP contribution in [0.1, 0.15) is 5.56 Å². The van der Waals surface area contributed by atoms with Crippen LogP contribution in [0.3, 0.4) is 0 Å². The van der Waals surface area contributed by atoms with Crippen LogP contribution >= 0.6 is 11.8 Å². The van der Waals surface area contributed by atoms with Crippen LogP contribution in [-0.2, 0) is 9.53 Å². The molecular formula is C25H24N2O4S. The van der Waals surface area contributed by atoms with E-state index in [1.54, 1.807) is 26.2 Å². The Balaban J connectivity index is 1.80. The molecule has 0 aliphatic carbocycles. The van der Waals surface area contributed by atoms with Gasteiger partial charge in [-0.3, -0.25) is 9.69 Å². The maximum absolute atomic E-state index is 13.3. The quantitative estimate of drug-likeness (QED) is 0.470. The number of carbonyl (C=O) groups excluding carboxylic acids is 1. The van der Waals surface area contributed by atoms with Crippen molar-refractivity contribution < 1.29 is 19.0 Å². The minimum atomic E-state index is -0.108. The van der Waals surface area contributed by atoms with E-state index in [2.05, 4.69) is 0 Å². The van der Waals surface area contributed by atoms with Crippen LogP contribution in [0, 0.1) is 0 Å². The number of amidine groups is 1. The topological polar surface area (TPSA) is 60.4 Å². The van der Waals surface area contributed by atoms with Crippen LogP contribution in [0.4, 0.5) is 5.69 Å². The minimum absolute atomic E-state index is 0.108. The van der Waals surface area contributed by atoms with Crippen molar-refractivity contribution in [3.63, 3.8) is 0 Å². The van der Waals surface area contributed by atoms with E-state index in [4.69, 9.17) is 19.2 Å². The van der Waals surface area contributed by atoms with Gasteiger partial charge in [-0.1, -0.05) is 30.3 Å². The number of amides is 1. The summed E-state index contributed by atoms with van der Waals surface area (Å²) in [5.74, 6) is 1.32. The Hall–Kier alpha value is -3.29. The van der Waals surface area contributed by atoms with Crippen LogP contribution < -0.4 is 9.47 Å². The number of carbonyl (C=O) groups is 1. The second-order valence-electron chi connectivity index (χ2n) is 7.06. The standard InChI is InChI=1S/C25H24N2O4S/c1-29-14-13-27-24(28)23(32-25(27)26-18-7-5-4-6-8-18)16-21-20-15-19(30-2)11-9-17(20)10-12-22(21)31-3/h4-12,15-16H,13-14H2,1-3H3. The molecule has 7 heteroatoms. The summed E-state index contributed by atoms with van der Waals surface area (Å²) >= 11 is 1.35. The van der Waals surface area contributed by atoms with E-state index < -0.39 is 0 Å². The maximum atomic E-state index is 13.3. The van der Waals surface area contributed by atoms with Gasteiger partial charge in [-0.15, -0.1) is 0 Å². The third kappa shape index (κ3) is 4.49. The Bertz CT molecular complexity index is 1190. The van der Waals surface area contributed by atoms with Crippen molar-refractivity contribution in [1.82, 2.24) is 4.90 Å². The maximum Gasteiger partial charge on any atom is 0.266 e. The number of rotatable bonds is 7. The van der Waals surface area contributed by atoms with Crippen molar-refractivity contribution >= 4 is 45.4 Å². The van der Waals surface area contributed by atoms with E-state index in [1.807, 2.05) is 66.7 Å². The number of fused-ring (bicyclic) bond motifs is 1. The van der Waals surface area contributed by atoms with Crippen LogP contribution in [0.2, 0.25) is 0 Å². The van der Waals surface area contributed by atoms with Gasteiger partial charge in [0.2, 0.25) is 0 Å². The number of ether oxygens (including phenoxy) is 3. The van der Waals surface area contributed by atoms with Gasteiger partial charge in [-0.25, -0.2) is 4.99 Å². The molecule has 164 valence electrons. The first kappa shape index (κ1) is 21.9. The molecule has 0 atom stereocenters. The summed E-state index contributed by atoms with van der Waals surface area (Å²) in [6.45, 7) is 0.841. The highest BCUT2D eigenvalue weighted by Gasteiger charge is 2.33. The van der Waals surface area contributed by atoms with Crippen molar-refractivity contribution in [2.24, 2.45) is 4.99 Å². The summed E-state index contributed by atoms with van der Waals surface area (Å²) in [5.41, 5.74) is 1.62. The Kier molecular flexibility index (Phi) is 6.78. The van der Waals surface area contributed by atoms with E-state index in [0.717, 1.165) is 27.8 Å². The van der Waals surface area contributed by atoms with E-state index >= 15 is 0 Å². The highest BCUT2D eigenvalue weighted by atomic mass is 32.2. The monoisotopic (exact) mass is 448 g/mol. The second-order valence-corrected chi connectivity index (χ2v) is 8.07. The molecule has 1 fully saturated rings. The molecule has 0 unspecified atom stereocenters. The summed E-state index contributed by atoms with van der Waals surface area (Å²) in [7, 11) is 4.88. The molecule has 0 spiro atoms. The van der Waals surface area contributed by atoms with Gasteiger partial charge >= 0.3 is 0 Å². The average molecular weight is 449 g/mol. The molecule has 6 nitrogen and oxygen atoms in total. The van der Waals surface area contributed by atoms with Crippen molar-refractivity contribution in [2.45, 2.75) is 0 Å². The molecule has 0 radical (unpaired) electrons. The number of para-hydroxylation sites is 1. The summed E-state index contributed by atoms with van der Waals surface area (Å²) in [6, 6.07) is 19.4. The van der Waals surface area contributed by atoms with Gasteiger partial charge in [0.1, 0.15) is 11.5 Å². The number of hydrogen-bond acceptors (Lipinski definition) is 6. The molecule has 1 heterocycles. The zero-order chi connectivity index (χ0) is 22.5. The third-order valence-corrected chi connectivity index (χ3v) is 6.12. The van der Waals surface area contributed by atoms with Crippen molar-refractivity contribution in [3.8, 4) is 11.5 Å². The summed E-state index contributed by atoms with van der Waals surface area (Å²) < 4.78 is 16.2. The van der Waals surface area contributed by atoms with Gasteiger partial charge in [0.25, 0.3) is 5.91 Å².